The number of nitro benzene ring substituents is 1. The highest BCUT2D eigenvalue weighted by molar-refractivity contribution is 5.94. The molecule has 3 aromatic carbocycles. The van der Waals surface area contributed by atoms with E-state index in [9.17, 15) is 14.9 Å². The van der Waals surface area contributed by atoms with E-state index in [4.69, 9.17) is 9.15 Å². The first-order chi connectivity index (χ1) is 14.5. The van der Waals surface area contributed by atoms with E-state index in [-0.39, 0.29) is 18.2 Å². The van der Waals surface area contributed by atoms with Crippen molar-refractivity contribution in [2.75, 3.05) is 11.9 Å². The summed E-state index contributed by atoms with van der Waals surface area (Å²) in [6.45, 7) is 1.77. The monoisotopic (exact) mass is 403 g/mol. The van der Waals surface area contributed by atoms with Crippen LogP contribution in [-0.4, -0.2) is 22.4 Å². The topological polar surface area (TPSA) is 108 Å². The Bertz CT molecular complexity index is 1230. The van der Waals surface area contributed by atoms with Crippen LogP contribution in [-0.2, 0) is 4.79 Å². The smallest absolute Gasteiger partial charge is 0.269 e. The number of nitro groups is 1. The molecule has 0 aliphatic rings. The number of carbonyl (C=O) groups excluding carboxylic acids is 1. The van der Waals surface area contributed by atoms with Crippen molar-refractivity contribution in [1.82, 2.24) is 4.98 Å². The lowest BCUT2D eigenvalue weighted by molar-refractivity contribution is -0.384. The van der Waals surface area contributed by atoms with Gasteiger partial charge in [-0.2, -0.15) is 0 Å². The number of benzene rings is 3. The number of fused-ring (bicyclic) bond motifs is 1. The Morgan fingerprint density at radius 1 is 1.13 bits per heavy atom. The van der Waals surface area contributed by atoms with E-state index < -0.39 is 4.92 Å². The number of non-ortho nitro benzene ring substituents is 1. The van der Waals surface area contributed by atoms with Crippen molar-refractivity contribution >= 4 is 28.4 Å². The number of amides is 1. The summed E-state index contributed by atoms with van der Waals surface area (Å²) in [5, 5.41) is 13.4. The molecule has 4 rings (SSSR count). The minimum atomic E-state index is -0.499. The van der Waals surface area contributed by atoms with Crippen LogP contribution in [0.15, 0.2) is 71.1 Å². The molecule has 4 aromatic rings. The van der Waals surface area contributed by atoms with Crippen LogP contribution in [0, 0.1) is 17.0 Å². The molecule has 0 atom stereocenters. The Morgan fingerprint density at radius 2 is 1.93 bits per heavy atom. The summed E-state index contributed by atoms with van der Waals surface area (Å²) in [7, 11) is 0. The van der Waals surface area contributed by atoms with Crippen LogP contribution in [0.25, 0.3) is 22.6 Å². The van der Waals surface area contributed by atoms with E-state index in [0.717, 1.165) is 11.1 Å². The maximum atomic E-state index is 12.2. The molecule has 0 unspecified atom stereocenters. The Balaban J connectivity index is 1.42. The number of hydrogen-bond acceptors (Lipinski definition) is 6. The van der Waals surface area contributed by atoms with Gasteiger partial charge in [0.1, 0.15) is 11.3 Å². The Labute approximate surface area is 171 Å². The first kappa shape index (κ1) is 19.1. The van der Waals surface area contributed by atoms with Gasteiger partial charge in [0.05, 0.1) is 4.92 Å². The second kappa shape index (κ2) is 8.04. The summed E-state index contributed by atoms with van der Waals surface area (Å²) in [6, 6.07) is 18.6. The van der Waals surface area contributed by atoms with Gasteiger partial charge in [-0.1, -0.05) is 17.7 Å². The number of aromatic nitrogens is 1. The number of aryl methyl sites for hydroxylation is 1. The molecule has 8 nitrogen and oxygen atoms in total. The van der Waals surface area contributed by atoms with E-state index in [1.54, 1.807) is 18.2 Å². The van der Waals surface area contributed by atoms with Gasteiger partial charge in [-0.25, -0.2) is 4.98 Å². The molecule has 1 amide bonds. The molecule has 0 saturated heterocycles. The Hall–Kier alpha value is -4.20. The predicted molar refractivity (Wildman–Crippen MR) is 111 cm³/mol. The largest absolute Gasteiger partial charge is 0.484 e. The molecule has 30 heavy (non-hydrogen) atoms. The van der Waals surface area contributed by atoms with Crippen LogP contribution in [0.2, 0.25) is 0 Å². The number of ether oxygens (including phenoxy) is 1. The Kier molecular flexibility index (Phi) is 5.13. The zero-order chi connectivity index (χ0) is 21.1. The van der Waals surface area contributed by atoms with Gasteiger partial charge in [0.15, 0.2) is 12.2 Å². The maximum Gasteiger partial charge on any atom is 0.269 e. The summed E-state index contributed by atoms with van der Waals surface area (Å²) in [5.74, 6) is 0.513. The van der Waals surface area contributed by atoms with Crippen molar-refractivity contribution in [2.45, 2.75) is 6.92 Å². The number of carbonyl (C=O) groups is 1. The van der Waals surface area contributed by atoms with Crippen LogP contribution in [0.1, 0.15) is 5.56 Å². The molecule has 0 saturated carbocycles. The van der Waals surface area contributed by atoms with Crippen molar-refractivity contribution in [3.05, 3.63) is 82.4 Å². The molecular weight excluding hydrogens is 386 g/mol. The van der Waals surface area contributed by atoms with Crippen LogP contribution < -0.4 is 10.1 Å². The molecule has 0 fully saturated rings. The number of nitrogens with zero attached hydrogens (tertiary/aromatic N) is 2. The fourth-order valence-electron chi connectivity index (χ4n) is 2.92. The first-order valence-electron chi connectivity index (χ1n) is 9.13. The van der Waals surface area contributed by atoms with E-state index in [1.807, 2.05) is 31.2 Å². The highest BCUT2D eigenvalue weighted by atomic mass is 16.6. The predicted octanol–water partition coefficient (Wildman–Crippen LogP) is 4.73. The molecule has 1 heterocycles. The third kappa shape index (κ3) is 4.27. The highest BCUT2D eigenvalue weighted by Gasteiger charge is 2.11. The molecule has 150 valence electrons. The van der Waals surface area contributed by atoms with E-state index >= 15 is 0 Å². The van der Waals surface area contributed by atoms with Gasteiger partial charge in [0.2, 0.25) is 5.89 Å². The fourth-order valence-corrected chi connectivity index (χ4v) is 2.92. The minimum Gasteiger partial charge on any atom is -0.484 e. The summed E-state index contributed by atoms with van der Waals surface area (Å²) < 4.78 is 11.2. The van der Waals surface area contributed by atoms with Crippen LogP contribution in [0.3, 0.4) is 0 Å². The highest BCUT2D eigenvalue weighted by Crippen LogP contribution is 2.26. The van der Waals surface area contributed by atoms with E-state index in [0.29, 0.717) is 28.4 Å². The lowest BCUT2D eigenvalue weighted by Gasteiger charge is -2.07. The van der Waals surface area contributed by atoms with Gasteiger partial charge in [-0.3, -0.25) is 14.9 Å². The summed E-state index contributed by atoms with van der Waals surface area (Å²) in [6.07, 6.45) is 0. The number of oxazole rings is 1. The lowest BCUT2D eigenvalue weighted by Crippen LogP contribution is -2.20. The zero-order valence-electron chi connectivity index (χ0n) is 16.0. The molecule has 0 radical (unpaired) electrons. The van der Waals surface area contributed by atoms with Crippen molar-refractivity contribution in [2.24, 2.45) is 0 Å². The van der Waals surface area contributed by atoms with Crippen molar-refractivity contribution < 1.29 is 18.9 Å². The molecule has 0 aliphatic carbocycles. The third-order valence-electron chi connectivity index (χ3n) is 4.35. The van der Waals surface area contributed by atoms with Crippen molar-refractivity contribution in [3.63, 3.8) is 0 Å². The second-order valence-electron chi connectivity index (χ2n) is 6.66. The Morgan fingerprint density at radius 3 is 2.67 bits per heavy atom. The molecule has 0 bridgehead atoms. The zero-order valence-corrected chi connectivity index (χ0v) is 16.0. The van der Waals surface area contributed by atoms with Gasteiger partial charge >= 0.3 is 0 Å². The van der Waals surface area contributed by atoms with Crippen LogP contribution in [0.5, 0.6) is 5.75 Å². The van der Waals surface area contributed by atoms with E-state index in [2.05, 4.69) is 10.3 Å². The minimum absolute atomic E-state index is 0.0438. The normalized spacial score (nSPS) is 10.7. The van der Waals surface area contributed by atoms with Gasteiger partial charge in [-0.05, 0) is 49.4 Å². The van der Waals surface area contributed by atoms with Crippen LogP contribution >= 0.6 is 0 Å². The number of rotatable bonds is 6. The number of anilines is 1. The summed E-state index contributed by atoms with van der Waals surface area (Å²) >= 11 is 0. The van der Waals surface area contributed by atoms with Gasteiger partial charge in [-0.15, -0.1) is 0 Å². The molecule has 1 N–H and O–H groups in total. The standard InChI is InChI=1S/C22H17N3O5/c1-14-3-2-4-15(11-14)22-24-19-12-16(5-10-20(19)30-22)23-21(26)13-29-18-8-6-17(7-9-18)25(27)28/h2-12H,13H2,1H3,(H,23,26). The fraction of sp³-hybridized carbons (Fsp3) is 0.0909. The quantitative estimate of drug-likeness (QED) is 0.368. The maximum absolute atomic E-state index is 12.2. The average Bonchev–Trinajstić information content (AvgIpc) is 3.16. The van der Waals surface area contributed by atoms with Crippen molar-refractivity contribution in [3.8, 4) is 17.2 Å². The third-order valence-corrected chi connectivity index (χ3v) is 4.35. The van der Waals surface area contributed by atoms with Crippen molar-refractivity contribution in [1.29, 1.82) is 0 Å². The number of hydrogen-bond donors (Lipinski definition) is 1. The second-order valence-corrected chi connectivity index (χ2v) is 6.66. The summed E-state index contributed by atoms with van der Waals surface area (Å²) in [5.41, 5.74) is 3.75. The lowest BCUT2D eigenvalue weighted by atomic mass is 10.1. The molecule has 0 spiro atoms. The molecular formula is C22H17N3O5. The first-order valence-corrected chi connectivity index (χ1v) is 9.13. The molecule has 1 aromatic heterocycles. The van der Waals surface area contributed by atoms with Gasteiger partial charge in [0.25, 0.3) is 11.6 Å². The van der Waals surface area contributed by atoms with Gasteiger partial charge in [0, 0.05) is 23.4 Å². The average molecular weight is 403 g/mol. The van der Waals surface area contributed by atoms with Crippen LogP contribution in [0.4, 0.5) is 11.4 Å². The van der Waals surface area contributed by atoms with E-state index in [1.165, 1.54) is 24.3 Å². The number of nitrogens with one attached hydrogen (secondary N) is 1. The molecule has 0 aliphatic heterocycles. The SMILES string of the molecule is Cc1cccc(-c2nc3cc(NC(=O)COc4ccc([N+](=O)[O-])cc4)ccc3o2)c1. The van der Waals surface area contributed by atoms with Gasteiger partial charge < -0.3 is 14.5 Å². The molecule has 8 heteroatoms. The summed E-state index contributed by atoms with van der Waals surface area (Å²) in [4.78, 5) is 26.8.